The van der Waals surface area contributed by atoms with Gasteiger partial charge in [0.25, 0.3) is 5.91 Å². The fraction of sp³-hybridized carbons (Fsp3) is 0.269. The Bertz CT molecular complexity index is 1330. The second-order valence-corrected chi connectivity index (χ2v) is 8.89. The lowest BCUT2D eigenvalue weighted by Gasteiger charge is -2.35. The molecule has 0 saturated carbocycles. The van der Waals surface area contributed by atoms with E-state index in [-0.39, 0.29) is 28.5 Å². The van der Waals surface area contributed by atoms with Crippen molar-refractivity contribution in [3.63, 3.8) is 0 Å². The molecular weight excluding hydrogens is 525 g/mol. The Morgan fingerprint density at radius 3 is 2.18 bits per heavy atom. The van der Waals surface area contributed by atoms with Gasteiger partial charge in [-0.15, -0.1) is 11.3 Å². The summed E-state index contributed by atoms with van der Waals surface area (Å²) < 4.78 is 58.9. The third kappa shape index (κ3) is 5.44. The summed E-state index contributed by atoms with van der Waals surface area (Å²) in [6, 6.07) is 14.2. The molecule has 1 amide bonds. The van der Waals surface area contributed by atoms with Crippen LogP contribution in [0.3, 0.4) is 0 Å². The Balaban J connectivity index is 2.21. The van der Waals surface area contributed by atoms with Crippen molar-refractivity contribution >= 4 is 34.2 Å². The minimum atomic E-state index is -5.42. The average molecular weight is 551 g/mol. The molecule has 1 heterocycles. The number of esters is 2. The molecule has 0 radical (unpaired) electrons. The summed E-state index contributed by atoms with van der Waals surface area (Å²) in [7, 11) is 1.99. The molecule has 0 saturated heterocycles. The molecule has 12 heteroatoms. The summed E-state index contributed by atoms with van der Waals surface area (Å²) in [4.78, 5) is 39.2. The number of carbonyl (C=O) groups excluding carboxylic acids is 3. The molecule has 3 aromatic rings. The molecule has 0 fully saturated rings. The van der Waals surface area contributed by atoms with Crippen molar-refractivity contribution in [3.8, 4) is 16.2 Å². The zero-order valence-electron chi connectivity index (χ0n) is 20.9. The van der Waals surface area contributed by atoms with E-state index < -0.39 is 29.7 Å². The third-order valence-electron chi connectivity index (χ3n) is 5.53. The van der Waals surface area contributed by atoms with Gasteiger partial charge in [0.15, 0.2) is 0 Å². The minimum absolute atomic E-state index is 0.0171. The molecule has 1 atom stereocenters. The van der Waals surface area contributed by atoms with Crippen LogP contribution in [0.2, 0.25) is 0 Å². The maximum atomic E-state index is 14.7. The van der Waals surface area contributed by atoms with E-state index in [2.05, 4.69) is 10.1 Å². The number of para-hydroxylation sites is 1. The molecule has 0 bridgehead atoms. The number of carbonyl (C=O) groups is 3. The van der Waals surface area contributed by atoms with E-state index >= 15 is 0 Å². The van der Waals surface area contributed by atoms with Crippen LogP contribution in [-0.4, -0.2) is 50.5 Å². The summed E-state index contributed by atoms with van der Waals surface area (Å²) in [6.07, 6.45) is -5.42. The van der Waals surface area contributed by atoms with Gasteiger partial charge in [-0.1, -0.05) is 42.5 Å². The number of rotatable bonds is 9. The number of nitrogens with one attached hydrogen (secondary N) is 2. The summed E-state index contributed by atoms with van der Waals surface area (Å²) in [5, 5.41) is 3.51. The van der Waals surface area contributed by atoms with Crippen LogP contribution < -0.4 is 15.4 Å². The van der Waals surface area contributed by atoms with Crippen LogP contribution in [0.25, 0.3) is 10.4 Å². The van der Waals surface area contributed by atoms with Crippen molar-refractivity contribution < 1.29 is 41.8 Å². The Labute approximate surface area is 220 Å². The standard InChI is InChI=1S/C26H25F3N2O6S/c1-5-37-23(33)19-15(2)20(16-11-7-6-8-12-16)38-22(19)31-25(24(34)36-4,26(27,28)29)30-21(32)17-13-9-10-14-18(17)35-3/h6-14,31H,5H2,1-4H3,(H,30,32)/t25-/m1/s1. The molecule has 0 spiro atoms. The number of hydrogen-bond acceptors (Lipinski definition) is 8. The van der Waals surface area contributed by atoms with E-state index in [1.54, 1.807) is 49.5 Å². The Morgan fingerprint density at radius 2 is 1.61 bits per heavy atom. The summed E-state index contributed by atoms with van der Waals surface area (Å²) in [5.41, 5.74) is -3.28. The van der Waals surface area contributed by atoms with E-state index in [0.29, 0.717) is 16.0 Å². The highest BCUT2D eigenvalue weighted by atomic mass is 32.1. The third-order valence-corrected chi connectivity index (χ3v) is 6.79. The lowest BCUT2D eigenvalue weighted by atomic mass is 10.0. The average Bonchev–Trinajstić information content (AvgIpc) is 3.22. The fourth-order valence-electron chi connectivity index (χ4n) is 3.70. The zero-order chi connectivity index (χ0) is 28.1. The van der Waals surface area contributed by atoms with Crippen molar-refractivity contribution in [2.75, 3.05) is 26.1 Å². The van der Waals surface area contributed by atoms with Gasteiger partial charge in [-0.2, -0.15) is 13.2 Å². The molecule has 202 valence electrons. The first-order chi connectivity index (χ1) is 18.0. The molecule has 0 aliphatic rings. The maximum Gasteiger partial charge on any atom is 0.441 e. The van der Waals surface area contributed by atoms with Crippen molar-refractivity contribution in [1.29, 1.82) is 0 Å². The first-order valence-electron chi connectivity index (χ1n) is 11.3. The zero-order valence-corrected chi connectivity index (χ0v) is 21.7. The number of amides is 1. The summed E-state index contributed by atoms with van der Waals surface area (Å²) >= 11 is 0.799. The molecule has 1 aromatic heterocycles. The molecule has 0 aliphatic carbocycles. The normalized spacial score (nSPS) is 12.7. The van der Waals surface area contributed by atoms with Crippen LogP contribution in [0.4, 0.5) is 18.2 Å². The Kier molecular flexibility index (Phi) is 8.67. The highest BCUT2D eigenvalue weighted by Gasteiger charge is 2.64. The van der Waals surface area contributed by atoms with Gasteiger partial charge < -0.3 is 24.8 Å². The van der Waals surface area contributed by atoms with Crippen molar-refractivity contribution in [2.24, 2.45) is 0 Å². The lowest BCUT2D eigenvalue weighted by Crippen LogP contribution is -2.69. The molecule has 2 N–H and O–H groups in total. The van der Waals surface area contributed by atoms with Gasteiger partial charge >= 0.3 is 23.8 Å². The Hall–Kier alpha value is -4.06. The van der Waals surface area contributed by atoms with Crippen LogP contribution in [0, 0.1) is 6.92 Å². The first kappa shape index (κ1) is 28.5. The molecule has 0 aliphatic heterocycles. The second kappa shape index (κ2) is 11.5. The molecule has 8 nitrogen and oxygen atoms in total. The van der Waals surface area contributed by atoms with Gasteiger partial charge in [0.2, 0.25) is 0 Å². The number of anilines is 1. The molecule has 3 rings (SSSR count). The van der Waals surface area contributed by atoms with Gasteiger partial charge in [0, 0.05) is 4.88 Å². The van der Waals surface area contributed by atoms with Crippen molar-refractivity contribution in [3.05, 3.63) is 71.3 Å². The number of ether oxygens (including phenoxy) is 3. The predicted octanol–water partition coefficient (Wildman–Crippen LogP) is 5.18. The number of hydrogen-bond donors (Lipinski definition) is 2. The highest BCUT2D eigenvalue weighted by molar-refractivity contribution is 7.20. The topological polar surface area (TPSA) is 103 Å². The molecule has 2 aromatic carbocycles. The molecular formula is C26H25F3N2O6S. The number of alkyl halides is 3. The first-order valence-corrected chi connectivity index (χ1v) is 12.1. The van der Waals surface area contributed by atoms with E-state index in [1.807, 2.05) is 0 Å². The van der Waals surface area contributed by atoms with Gasteiger partial charge in [0.05, 0.1) is 32.0 Å². The van der Waals surface area contributed by atoms with Gasteiger partial charge in [0.1, 0.15) is 10.8 Å². The van der Waals surface area contributed by atoms with E-state index in [9.17, 15) is 27.6 Å². The predicted molar refractivity (Wildman–Crippen MR) is 135 cm³/mol. The van der Waals surface area contributed by atoms with Gasteiger partial charge in [-0.25, -0.2) is 9.59 Å². The number of thiophene rings is 1. The minimum Gasteiger partial charge on any atom is -0.496 e. The van der Waals surface area contributed by atoms with E-state index in [0.717, 1.165) is 18.4 Å². The van der Waals surface area contributed by atoms with Crippen LogP contribution >= 0.6 is 11.3 Å². The van der Waals surface area contributed by atoms with Crippen LogP contribution in [0.15, 0.2) is 54.6 Å². The van der Waals surface area contributed by atoms with Crippen molar-refractivity contribution in [1.82, 2.24) is 5.32 Å². The molecule has 38 heavy (non-hydrogen) atoms. The SMILES string of the molecule is CCOC(=O)c1c(N[C@](NC(=O)c2ccccc2OC)(C(=O)OC)C(F)(F)F)sc(-c2ccccc2)c1C. The van der Waals surface area contributed by atoms with Crippen molar-refractivity contribution in [2.45, 2.75) is 25.7 Å². The van der Waals surface area contributed by atoms with Crippen LogP contribution in [-0.2, 0) is 14.3 Å². The number of halogens is 3. The second-order valence-electron chi connectivity index (χ2n) is 7.87. The Morgan fingerprint density at radius 1 is 0.974 bits per heavy atom. The number of methoxy groups -OCH3 is 2. The van der Waals surface area contributed by atoms with E-state index in [4.69, 9.17) is 9.47 Å². The smallest absolute Gasteiger partial charge is 0.441 e. The highest BCUT2D eigenvalue weighted by Crippen LogP contribution is 2.43. The summed E-state index contributed by atoms with van der Waals surface area (Å²) in [6.45, 7) is 3.06. The van der Waals surface area contributed by atoms with E-state index in [1.165, 1.54) is 31.4 Å². The lowest BCUT2D eigenvalue weighted by molar-refractivity contribution is -0.203. The maximum absolute atomic E-state index is 14.7. The fourth-order valence-corrected chi connectivity index (χ4v) is 4.96. The van der Waals surface area contributed by atoms with Gasteiger partial charge in [-0.05, 0) is 37.1 Å². The monoisotopic (exact) mass is 550 g/mol. The van der Waals surface area contributed by atoms with Crippen LogP contribution in [0.1, 0.15) is 33.2 Å². The van der Waals surface area contributed by atoms with Gasteiger partial charge in [-0.3, -0.25) is 4.79 Å². The number of benzene rings is 2. The quantitative estimate of drug-likeness (QED) is 0.280. The molecule has 0 unspecified atom stereocenters. The largest absolute Gasteiger partial charge is 0.496 e. The summed E-state index contributed by atoms with van der Waals surface area (Å²) in [5.74, 6) is -4.04. The van der Waals surface area contributed by atoms with Crippen LogP contribution in [0.5, 0.6) is 5.75 Å².